The van der Waals surface area contributed by atoms with E-state index in [1.807, 2.05) is 26.0 Å². The zero-order chi connectivity index (χ0) is 18.3. The van der Waals surface area contributed by atoms with Gasteiger partial charge in [-0.1, -0.05) is 19.9 Å². The van der Waals surface area contributed by atoms with E-state index in [9.17, 15) is 9.90 Å². The molecule has 1 aromatic heterocycles. The van der Waals surface area contributed by atoms with Crippen LogP contribution in [0.25, 0.3) is 10.9 Å². The second-order valence-electron chi connectivity index (χ2n) is 8.03. The number of rotatable bonds is 6. The lowest BCUT2D eigenvalue weighted by Crippen LogP contribution is -2.56. The number of carbonyl (C=O) groups is 1. The SMILES string of the molecule is CC(C)c1ccc2n[nH]c(CCNC3CN4CCC3CC4)c2c1C(=O)O. The predicted octanol–water partition coefficient (Wildman–Crippen LogP) is 2.61. The zero-order valence-electron chi connectivity index (χ0n) is 15.6. The second kappa shape index (κ2) is 7.00. The molecule has 2 bridgehead atoms. The molecule has 5 rings (SSSR count). The highest BCUT2D eigenvalue weighted by molar-refractivity contribution is 6.05. The summed E-state index contributed by atoms with van der Waals surface area (Å²) in [6.07, 6.45) is 3.36. The van der Waals surface area contributed by atoms with Gasteiger partial charge < -0.3 is 15.3 Å². The standard InChI is InChI=1S/C20H28N4O2/c1-12(2)14-3-4-15-19(18(14)20(25)26)16(23-22-15)5-8-21-17-11-24-9-6-13(17)7-10-24/h3-4,12-13,17,21H,5-11H2,1-2H3,(H,22,23)(H,25,26). The first-order valence-corrected chi connectivity index (χ1v) is 9.73. The van der Waals surface area contributed by atoms with Gasteiger partial charge in [-0.05, 0) is 49.4 Å². The van der Waals surface area contributed by atoms with Crippen molar-refractivity contribution in [3.63, 3.8) is 0 Å². The molecule has 3 aliphatic rings. The molecule has 4 heterocycles. The largest absolute Gasteiger partial charge is 0.478 e. The number of carboxylic acids is 1. The van der Waals surface area contributed by atoms with Crippen LogP contribution in [0.4, 0.5) is 0 Å². The first-order valence-electron chi connectivity index (χ1n) is 9.73. The Hall–Kier alpha value is -1.92. The van der Waals surface area contributed by atoms with E-state index in [0.717, 1.165) is 47.6 Å². The molecule has 3 N–H and O–H groups in total. The minimum Gasteiger partial charge on any atom is -0.478 e. The number of hydrogen-bond donors (Lipinski definition) is 3. The molecule has 3 fully saturated rings. The Bertz CT molecular complexity index is 805. The van der Waals surface area contributed by atoms with E-state index < -0.39 is 5.97 Å². The summed E-state index contributed by atoms with van der Waals surface area (Å²) in [5.41, 5.74) is 2.94. The van der Waals surface area contributed by atoms with Crippen molar-refractivity contribution in [2.75, 3.05) is 26.2 Å². The van der Waals surface area contributed by atoms with Crippen LogP contribution in [0.1, 0.15) is 54.2 Å². The molecule has 6 heteroatoms. The third-order valence-corrected chi connectivity index (χ3v) is 6.10. The molecule has 0 spiro atoms. The van der Waals surface area contributed by atoms with Gasteiger partial charge in [0.25, 0.3) is 0 Å². The van der Waals surface area contributed by atoms with Crippen LogP contribution in [0.2, 0.25) is 0 Å². The first-order chi connectivity index (χ1) is 12.5. The van der Waals surface area contributed by atoms with Gasteiger partial charge in [-0.15, -0.1) is 0 Å². The highest BCUT2D eigenvalue weighted by Gasteiger charge is 2.33. The number of hydrogen-bond acceptors (Lipinski definition) is 4. The quantitative estimate of drug-likeness (QED) is 0.741. The molecule has 26 heavy (non-hydrogen) atoms. The number of fused-ring (bicyclic) bond motifs is 4. The van der Waals surface area contributed by atoms with E-state index in [0.29, 0.717) is 11.6 Å². The monoisotopic (exact) mass is 356 g/mol. The lowest BCUT2D eigenvalue weighted by atomic mass is 9.84. The van der Waals surface area contributed by atoms with Crippen molar-refractivity contribution in [3.05, 3.63) is 29.0 Å². The summed E-state index contributed by atoms with van der Waals surface area (Å²) < 4.78 is 0. The maximum atomic E-state index is 11.9. The van der Waals surface area contributed by atoms with Crippen molar-refractivity contribution >= 4 is 16.9 Å². The Labute approximate surface area is 154 Å². The number of nitrogens with one attached hydrogen (secondary N) is 2. The third kappa shape index (κ3) is 3.12. The predicted molar refractivity (Wildman–Crippen MR) is 102 cm³/mol. The van der Waals surface area contributed by atoms with E-state index >= 15 is 0 Å². The van der Waals surface area contributed by atoms with Gasteiger partial charge in [0.1, 0.15) is 0 Å². The molecule has 2 aromatic rings. The molecule has 0 saturated carbocycles. The van der Waals surface area contributed by atoms with Crippen LogP contribution in [-0.2, 0) is 6.42 Å². The number of aromatic amines is 1. The molecular weight excluding hydrogens is 328 g/mol. The van der Waals surface area contributed by atoms with Crippen LogP contribution in [-0.4, -0.2) is 58.4 Å². The van der Waals surface area contributed by atoms with Gasteiger partial charge in [-0.3, -0.25) is 5.10 Å². The Balaban J connectivity index is 1.53. The third-order valence-electron chi connectivity index (χ3n) is 6.10. The number of aromatic nitrogens is 2. The average molecular weight is 356 g/mol. The summed E-state index contributed by atoms with van der Waals surface area (Å²) >= 11 is 0. The Morgan fingerprint density at radius 1 is 1.38 bits per heavy atom. The normalized spacial score (nSPS) is 25.3. The first kappa shape index (κ1) is 17.5. The summed E-state index contributed by atoms with van der Waals surface area (Å²) in [5, 5.41) is 21.7. The van der Waals surface area contributed by atoms with Gasteiger partial charge >= 0.3 is 5.97 Å². The van der Waals surface area contributed by atoms with Gasteiger partial charge in [0.05, 0.1) is 11.1 Å². The molecule has 0 amide bonds. The Morgan fingerprint density at radius 2 is 2.15 bits per heavy atom. The molecule has 1 atom stereocenters. The number of nitrogens with zero attached hydrogens (tertiary/aromatic N) is 2. The molecule has 140 valence electrons. The van der Waals surface area contributed by atoms with Gasteiger partial charge in [0.15, 0.2) is 0 Å². The summed E-state index contributed by atoms with van der Waals surface area (Å²) in [7, 11) is 0. The van der Waals surface area contributed by atoms with E-state index in [4.69, 9.17) is 0 Å². The van der Waals surface area contributed by atoms with E-state index in [1.54, 1.807) is 0 Å². The maximum absolute atomic E-state index is 11.9. The van der Waals surface area contributed by atoms with Crippen LogP contribution >= 0.6 is 0 Å². The van der Waals surface area contributed by atoms with Crippen molar-refractivity contribution in [1.82, 2.24) is 20.4 Å². The molecule has 6 nitrogen and oxygen atoms in total. The highest BCUT2D eigenvalue weighted by atomic mass is 16.4. The fourth-order valence-corrected chi connectivity index (χ4v) is 4.66. The molecule has 0 radical (unpaired) electrons. The Morgan fingerprint density at radius 3 is 2.77 bits per heavy atom. The molecular formula is C20H28N4O2. The van der Waals surface area contributed by atoms with Crippen LogP contribution in [0.3, 0.4) is 0 Å². The maximum Gasteiger partial charge on any atom is 0.336 e. The summed E-state index contributed by atoms with van der Waals surface area (Å²) in [6.45, 7) is 8.54. The second-order valence-corrected chi connectivity index (χ2v) is 8.03. The van der Waals surface area contributed by atoms with Gasteiger partial charge in [-0.25, -0.2) is 4.79 Å². The fourth-order valence-electron chi connectivity index (χ4n) is 4.66. The zero-order valence-corrected chi connectivity index (χ0v) is 15.6. The molecule has 1 aromatic carbocycles. The molecule has 3 saturated heterocycles. The lowest BCUT2D eigenvalue weighted by molar-refractivity contribution is 0.0697. The number of carboxylic acid groups (broad SMARTS) is 1. The van der Waals surface area contributed by atoms with Crippen molar-refractivity contribution in [2.24, 2.45) is 5.92 Å². The molecule has 3 aliphatic heterocycles. The number of piperidine rings is 3. The van der Waals surface area contributed by atoms with Crippen LogP contribution in [0.5, 0.6) is 0 Å². The highest BCUT2D eigenvalue weighted by Crippen LogP contribution is 2.30. The van der Waals surface area contributed by atoms with Crippen LogP contribution in [0, 0.1) is 5.92 Å². The minimum atomic E-state index is -0.868. The van der Waals surface area contributed by atoms with E-state index in [1.165, 1.54) is 25.9 Å². The fraction of sp³-hybridized carbons (Fsp3) is 0.600. The van der Waals surface area contributed by atoms with Crippen LogP contribution in [0.15, 0.2) is 12.1 Å². The van der Waals surface area contributed by atoms with Gasteiger partial charge in [0.2, 0.25) is 0 Å². The summed E-state index contributed by atoms with van der Waals surface area (Å²) in [6, 6.07) is 4.39. The van der Waals surface area contributed by atoms with Gasteiger partial charge in [0, 0.05) is 36.6 Å². The summed E-state index contributed by atoms with van der Waals surface area (Å²) in [4.78, 5) is 14.5. The van der Waals surface area contributed by atoms with Crippen molar-refractivity contribution in [2.45, 2.75) is 45.1 Å². The number of benzene rings is 1. The smallest absolute Gasteiger partial charge is 0.336 e. The molecule has 0 aliphatic carbocycles. The van der Waals surface area contributed by atoms with Crippen LogP contribution < -0.4 is 5.32 Å². The van der Waals surface area contributed by atoms with E-state index in [2.05, 4.69) is 20.4 Å². The minimum absolute atomic E-state index is 0.165. The number of aromatic carboxylic acids is 1. The lowest BCUT2D eigenvalue weighted by Gasteiger charge is -2.45. The van der Waals surface area contributed by atoms with Crippen molar-refractivity contribution in [3.8, 4) is 0 Å². The number of H-pyrrole nitrogens is 1. The Kier molecular flexibility index (Phi) is 4.71. The summed E-state index contributed by atoms with van der Waals surface area (Å²) in [5.74, 6) is 0.0890. The van der Waals surface area contributed by atoms with Crippen molar-refractivity contribution in [1.29, 1.82) is 0 Å². The topological polar surface area (TPSA) is 81.2 Å². The van der Waals surface area contributed by atoms with E-state index in [-0.39, 0.29) is 5.92 Å². The average Bonchev–Trinajstić information content (AvgIpc) is 3.05. The van der Waals surface area contributed by atoms with Crippen molar-refractivity contribution < 1.29 is 9.90 Å². The molecule has 1 unspecified atom stereocenters. The van der Waals surface area contributed by atoms with Gasteiger partial charge in [-0.2, -0.15) is 5.10 Å².